The van der Waals surface area contributed by atoms with E-state index in [-0.39, 0.29) is 11.8 Å². The van der Waals surface area contributed by atoms with Crippen molar-refractivity contribution < 1.29 is 9.59 Å². The maximum absolute atomic E-state index is 12.3. The number of carbonyl (C=O) groups excluding carboxylic acids is 2. The van der Waals surface area contributed by atoms with Gasteiger partial charge in [-0.05, 0) is 42.5 Å². The third-order valence-electron chi connectivity index (χ3n) is 4.16. The van der Waals surface area contributed by atoms with Gasteiger partial charge < -0.3 is 9.55 Å². The Balaban J connectivity index is 1.43. The van der Waals surface area contributed by atoms with Gasteiger partial charge in [0.05, 0.1) is 5.56 Å². The van der Waals surface area contributed by atoms with E-state index >= 15 is 0 Å². The summed E-state index contributed by atoms with van der Waals surface area (Å²) in [5, 5.41) is 0.801. The minimum atomic E-state index is -0.378. The van der Waals surface area contributed by atoms with Crippen LogP contribution in [-0.2, 0) is 0 Å². The van der Waals surface area contributed by atoms with Gasteiger partial charge in [0, 0.05) is 40.7 Å². The molecule has 4 rings (SSSR count). The molecule has 6 nitrogen and oxygen atoms in total. The van der Waals surface area contributed by atoms with E-state index in [1.165, 1.54) is 0 Å². The lowest BCUT2D eigenvalue weighted by Crippen LogP contribution is -2.41. The van der Waals surface area contributed by atoms with Crippen molar-refractivity contribution in [1.82, 2.24) is 20.4 Å². The predicted molar refractivity (Wildman–Crippen MR) is 99.0 cm³/mol. The van der Waals surface area contributed by atoms with E-state index < -0.39 is 0 Å². The van der Waals surface area contributed by atoms with Gasteiger partial charge >= 0.3 is 0 Å². The SMILES string of the molecule is O=C(NNC(=O)c1c[nH]c2ccccc12)c1ccc(-n2cccc2)cc1. The van der Waals surface area contributed by atoms with Gasteiger partial charge in [-0.3, -0.25) is 20.4 Å². The van der Waals surface area contributed by atoms with Crippen LogP contribution in [0.3, 0.4) is 0 Å². The van der Waals surface area contributed by atoms with Crippen molar-refractivity contribution in [2.75, 3.05) is 0 Å². The average Bonchev–Trinajstić information content (AvgIpc) is 3.36. The Labute approximate surface area is 149 Å². The molecule has 0 saturated heterocycles. The molecule has 0 spiro atoms. The summed E-state index contributed by atoms with van der Waals surface area (Å²) in [4.78, 5) is 27.6. The molecule has 3 N–H and O–H groups in total. The lowest BCUT2D eigenvalue weighted by atomic mass is 10.2. The molecule has 26 heavy (non-hydrogen) atoms. The number of carbonyl (C=O) groups is 2. The van der Waals surface area contributed by atoms with Crippen molar-refractivity contribution >= 4 is 22.7 Å². The van der Waals surface area contributed by atoms with E-state index in [0.717, 1.165) is 16.6 Å². The molecule has 0 aliphatic heterocycles. The molecule has 2 heterocycles. The van der Waals surface area contributed by atoms with Crippen molar-refractivity contribution in [3.8, 4) is 5.69 Å². The number of aromatic nitrogens is 2. The Morgan fingerprint density at radius 1 is 0.808 bits per heavy atom. The van der Waals surface area contributed by atoms with E-state index in [1.54, 1.807) is 18.3 Å². The van der Waals surface area contributed by atoms with Crippen LogP contribution in [0.2, 0.25) is 0 Å². The van der Waals surface area contributed by atoms with Crippen LogP contribution in [0.25, 0.3) is 16.6 Å². The topological polar surface area (TPSA) is 78.9 Å². The fourth-order valence-electron chi connectivity index (χ4n) is 2.80. The van der Waals surface area contributed by atoms with Gasteiger partial charge in [-0.1, -0.05) is 18.2 Å². The molecule has 2 amide bonds. The number of benzene rings is 2. The number of nitrogens with zero attached hydrogens (tertiary/aromatic N) is 1. The summed E-state index contributed by atoms with van der Waals surface area (Å²) in [6.45, 7) is 0. The van der Waals surface area contributed by atoms with Crippen LogP contribution in [0.5, 0.6) is 0 Å². The summed E-state index contributed by atoms with van der Waals surface area (Å²) in [6, 6.07) is 18.5. The Morgan fingerprint density at radius 3 is 2.27 bits per heavy atom. The summed E-state index contributed by atoms with van der Waals surface area (Å²) in [7, 11) is 0. The van der Waals surface area contributed by atoms with Crippen molar-refractivity contribution in [2.45, 2.75) is 0 Å². The summed E-state index contributed by atoms with van der Waals surface area (Å²) in [6.07, 6.45) is 5.48. The molecule has 6 heteroatoms. The summed E-state index contributed by atoms with van der Waals surface area (Å²) >= 11 is 0. The molecule has 0 aliphatic rings. The first-order valence-electron chi connectivity index (χ1n) is 8.12. The van der Waals surface area contributed by atoms with Gasteiger partial charge in [-0.2, -0.15) is 0 Å². The number of hydrogen-bond acceptors (Lipinski definition) is 2. The van der Waals surface area contributed by atoms with Crippen molar-refractivity contribution in [1.29, 1.82) is 0 Å². The van der Waals surface area contributed by atoms with E-state index in [4.69, 9.17) is 0 Å². The molecular formula is C20H16N4O2. The first kappa shape index (κ1) is 15.7. The molecule has 0 atom stereocenters. The third kappa shape index (κ3) is 2.95. The smallest absolute Gasteiger partial charge is 0.271 e. The first-order valence-corrected chi connectivity index (χ1v) is 8.12. The highest BCUT2D eigenvalue weighted by atomic mass is 16.2. The summed E-state index contributed by atoms with van der Waals surface area (Å²) in [5.41, 5.74) is 7.65. The Bertz CT molecular complexity index is 1060. The first-order chi connectivity index (χ1) is 12.7. The van der Waals surface area contributed by atoms with E-state index in [2.05, 4.69) is 15.8 Å². The van der Waals surface area contributed by atoms with Crippen molar-refractivity contribution in [3.63, 3.8) is 0 Å². The summed E-state index contributed by atoms with van der Waals surface area (Å²) in [5.74, 6) is -0.753. The quantitative estimate of drug-likeness (QED) is 0.500. The highest BCUT2D eigenvalue weighted by molar-refractivity contribution is 6.07. The van der Waals surface area contributed by atoms with Crippen LogP contribution in [0, 0.1) is 0 Å². The highest BCUT2D eigenvalue weighted by Crippen LogP contribution is 2.17. The van der Waals surface area contributed by atoms with Gasteiger partial charge in [0.2, 0.25) is 0 Å². The monoisotopic (exact) mass is 344 g/mol. The fourth-order valence-corrected chi connectivity index (χ4v) is 2.80. The zero-order valence-corrected chi connectivity index (χ0v) is 13.8. The minimum absolute atomic E-state index is 0.375. The third-order valence-corrected chi connectivity index (χ3v) is 4.16. The standard InChI is InChI=1S/C20H16N4O2/c25-19(14-7-9-15(10-8-14)24-11-3-4-12-24)22-23-20(26)17-13-21-18-6-2-1-5-16(17)18/h1-13,21H,(H,22,25)(H,23,26). The largest absolute Gasteiger partial charge is 0.360 e. The van der Waals surface area contributed by atoms with E-state index in [0.29, 0.717) is 11.1 Å². The number of rotatable bonds is 3. The minimum Gasteiger partial charge on any atom is -0.360 e. The van der Waals surface area contributed by atoms with Crippen molar-refractivity contribution in [3.05, 3.63) is 90.4 Å². The molecule has 0 saturated carbocycles. The molecule has 0 bridgehead atoms. The van der Waals surface area contributed by atoms with Gasteiger partial charge in [0.25, 0.3) is 11.8 Å². The molecule has 0 radical (unpaired) electrons. The molecule has 0 unspecified atom stereocenters. The average molecular weight is 344 g/mol. The van der Waals surface area contributed by atoms with Crippen LogP contribution in [0.4, 0.5) is 0 Å². The molecule has 2 aromatic heterocycles. The Hall–Kier alpha value is -3.80. The zero-order valence-electron chi connectivity index (χ0n) is 13.8. The number of fused-ring (bicyclic) bond motifs is 1. The summed E-state index contributed by atoms with van der Waals surface area (Å²) < 4.78 is 1.94. The molecule has 0 aliphatic carbocycles. The lowest BCUT2D eigenvalue weighted by Gasteiger charge is -2.08. The predicted octanol–water partition coefficient (Wildman–Crippen LogP) is 3.03. The number of aromatic amines is 1. The maximum atomic E-state index is 12.3. The van der Waals surface area contributed by atoms with Gasteiger partial charge in [-0.25, -0.2) is 0 Å². The van der Waals surface area contributed by atoms with Crippen LogP contribution < -0.4 is 10.9 Å². The second-order valence-electron chi connectivity index (χ2n) is 5.79. The van der Waals surface area contributed by atoms with E-state index in [9.17, 15) is 9.59 Å². The molecule has 2 aromatic carbocycles. The van der Waals surface area contributed by atoms with Crippen LogP contribution in [0.1, 0.15) is 20.7 Å². The zero-order chi connectivity index (χ0) is 17.9. The van der Waals surface area contributed by atoms with Gasteiger partial charge in [-0.15, -0.1) is 0 Å². The molecule has 128 valence electrons. The van der Waals surface area contributed by atoms with Gasteiger partial charge in [0.1, 0.15) is 0 Å². The fraction of sp³-hybridized carbons (Fsp3) is 0. The molecule has 4 aromatic rings. The van der Waals surface area contributed by atoms with Crippen molar-refractivity contribution in [2.24, 2.45) is 0 Å². The number of amides is 2. The Kier molecular flexibility index (Phi) is 3.99. The highest BCUT2D eigenvalue weighted by Gasteiger charge is 2.13. The number of nitrogens with one attached hydrogen (secondary N) is 3. The second kappa shape index (κ2) is 6.60. The van der Waals surface area contributed by atoms with Crippen LogP contribution >= 0.6 is 0 Å². The number of hydrazine groups is 1. The Morgan fingerprint density at radius 2 is 1.50 bits per heavy atom. The van der Waals surface area contributed by atoms with Crippen LogP contribution in [0.15, 0.2) is 79.3 Å². The maximum Gasteiger partial charge on any atom is 0.271 e. The van der Waals surface area contributed by atoms with Crippen LogP contribution in [-0.4, -0.2) is 21.4 Å². The molecular weight excluding hydrogens is 328 g/mol. The number of para-hydroxylation sites is 1. The lowest BCUT2D eigenvalue weighted by molar-refractivity contribution is 0.0847. The normalized spacial score (nSPS) is 10.6. The van der Waals surface area contributed by atoms with E-state index in [1.807, 2.05) is 65.5 Å². The second-order valence-corrected chi connectivity index (χ2v) is 5.79. The molecule has 0 fully saturated rings. The number of hydrogen-bond donors (Lipinski definition) is 3. The number of H-pyrrole nitrogens is 1. The van der Waals surface area contributed by atoms with Gasteiger partial charge in [0.15, 0.2) is 0 Å².